The minimum Gasteiger partial charge on any atom is -0.481 e. The third kappa shape index (κ3) is 6.81. The molecule has 0 aromatic rings. The highest BCUT2D eigenvalue weighted by atomic mass is 16.5. The van der Waals surface area contributed by atoms with E-state index in [1.165, 1.54) is 0 Å². The van der Waals surface area contributed by atoms with Gasteiger partial charge in [-0.3, -0.25) is 9.59 Å². The topological polar surface area (TPSA) is 104 Å². The number of rotatable bonds is 10. The number of aliphatic carboxylic acids is 1. The fourth-order valence-electron chi connectivity index (χ4n) is 5.27. The summed E-state index contributed by atoms with van der Waals surface area (Å²) in [7, 11) is 0. The Hall–Kier alpha value is -1.40. The zero-order chi connectivity index (χ0) is 22.4. The van der Waals surface area contributed by atoms with Gasteiger partial charge in [0.15, 0.2) is 0 Å². The summed E-state index contributed by atoms with van der Waals surface area (Å²) < 4.78 is 6.04. The zero-order valence-corrected chi connectivity index (χ0v) is 18.9. The quantitative estimate of drug-likeness (QED) is 0.364. The molecule has 6 nitrogen and oxygen atoms in total. The Balaban J connectivity index is 2.06. The summed E-state index contributed by atoms with van der Waals surface area (Å²) >= 11 is 0. The number of ether oxygens (including phenoxy) is 1. The zero-order valence-electron chi connectivity index (χ0n) is 18.9. The molecule has 0 spiro atoms. The van der Waals surface area contributed by atoms with E-state index in [1.807, 2.05) is 13.8 Å². The van der Waals surface area contributed by atoms with E-state index >= 15 is 0 Å². The van der Waals surface area contributed by atoms with Crippen molar-refractivity contribution in [2.75, 3.05) is 0 Å². The van der Waals surface area contributed by atoms with E-state index in [-0.39, 0.29) is 42.7 Å². The Morgan fingerprint density at radius 3 is 2.47 bits per heavy atom. The van der Waals surface area contributed by atoms with Gasteiger partial charge in [0.2, 0.25) is 0 Å². The Kier molecular flexibility index (Phi) is 9.35. The monoisotopic (exact) mass is 424 g/mol. The van der Waals surface area contributed by atoms with E-state index in [0.29, 0.717) is 24.2 Å². The minimum absolute atomic E-state index is 0.0702. The van der Waals surface area contributed by atoms with Gasteiger partial charge in [0.25, 0.3) is 0 Å². The van der Waals surface area contributed by atoms with Gasteiger partial charge in [0.1, 0.15) is 6.10 Å². The van der Waals surface area contributed by atoms with Crippen molar-refractivity contribution in [2.45, 2.75) is 91.0 Å². The van der Waals surface area contributed by atoms with Gasteiger partial charge in [0.05, 0.1) is 24.5 Å². The number of carbonyl (C=O) groups excluding carboxylic acids is 1. The lowest BCUT2D eigenvalue weighted by Crippen LogP contribution is -2.46. The van der Waals surface area contributed by atoms with E-state index in [1.54, 1.807) is 0 Å². The SMILES string of the molecule is CCC(C)C(=O)O[C@H]1C[C@@H](C)C[C@@H]2C=C[C@H](C)[C@H](CC[C@@H](O)C[C@@H](O)CC(=O)O)[C@@H]12. The number of carboxylic acid groups (broad SMARTS) is 1. The molecule has 0 aromatic carbocycles. The predicted octanol–water partition coefficient (Wildman–Crippen LogP) is 3.80. The summed E-state index contributed by atoms with van der Waals surface area (Å²) in [5, 5.41) is 28.9. The van der Waals surface area contributed by atoms with Crippen LogP contribution in [0.2, 0.25) is 0 Å². The first-order valence-electron chi connectivity index (χ1n) is 11.6. The van der Waals surface area contributed by atoms with Crippen molar-refractivity contribution in [1.29, 1.82) is 0 Å². The van der Waals surface area contributed by atoms with Gasteiger partial charge in [-0.2, -0.15) is 0 Å². The van der Waals surface area contributed by atoms with Crippen LogP contribution in [0.25, 0.3) is 0 Å². The van der Waals surface area contributed by atoms with E-state index in [4.69, 9.17) is 9.84 Å². The smallest absolute Gasteiger partial charge is 0.308 e. The molecule has 0 amide bonds. The van der Waals surface area contributed by atoms with Crippen LogP contribution in [0.1, 0.15) is 72.6 Å². The van der Waals surface area contributed by atoms with Gasteiger partial charge in [-0.25, -0.2) is 0 Å². The summed E-state index contributed by atoms with van der Waals surface area (Å²) in [5.41, 5.74) is 0. The largest absolute Gasteiger partial charge is 0.481 e. The van der Waals surface area contributed by atoms with Gasteiger partial charge in [-0.15, -0.1) is 0 Å². The molecule has 0 heterocycles. The average molecular weight is 425 g/mol. The molecule has 0 bridgehead atoms. The van der Waals surface area contributed by atoms with E-state index < -0.39 is 18.2 Å². The van der Waals surface area contributed by atoms with Crippen molar-refractivity contribution < 1.29 is 29.6 Å². The molecule has 172 valence electrons. The molecule has 1 unspecified atom stereocenters. The molecule has 6 heteroatoms. The van der Waals surface area contributed by atoms with Gasteiger partial charge in [0, 0.05) is 5.92 Å². The molecule has 0 aromatic heterocycles. The summed E-state index contributed by atoms with van der Waals surface area (Å²) in [6, 6.07) is 0. The number of fused-ring (bicyclic) bond motifs is 1. The number of aliphatic hydroxyl groups excluding tert-OH is 2. The highest BCUT2D eigenvalue weighted by Crippen LogP contribution is 2.47. The number of hydrogen-bond donors (Lipinski definition) is 3. The Bertz CT molecular complexity index is 603. The molecule has 2 aliphatic rings. The lowest BCUT2D eigenvalue weighted by atomic mass is 9.60. The van der Waals surface area contributed by atoms with Gasteiger partial charge < -0.3 is 20.1 Å². The molecule has 0 saturated heterocycles. The van der Waals surface area contributed by atoms with Crippen molar-refractivity contribution in [1.82, 2.24) is 0 Å². The van der Waals surface area contributed by atoms with Gasteiger partial charge in [-0.1, -0.05) is 39.8 Å². The summed E-state index contributed by atoms with van der Waals surface area (Å²) in [6.07, 6.45) is 6.38. The van der Waals surface area contributed by atoms with Gasteiger partial charge >= 0.3 is 11.9 Å². The van der Waals surface area contributed by atoms with Crippen LogP contribution < -0.4 is 0 Å². The van der Waals surface area contributed by atoms with Crippen molar-refractivity contribution in [3.05, 3.63) is 12.2 Å². The van der Waals surface area contributed by atoms with Crippen LogP contribution in [0.3, 0.4) is 0 Å². The van der Waals surface area contributed by atoms with Crippen molar-refractivity contribution in [2.24, 2.45) is 35.5 Å². The number of carbonyl (C=O) groups is 2. The van der Waals surface area contributed by atoms with Crippen LogP contribution >= 0.6 is 0 Å². The lowest BCUT2D eigenvalue weighted by Gasteiger charge is -2.47. The van der Waals surface area contributed by atoms with Crippen LogP contribution in [0, 0.1) is 35.5 Å². The number of hydrogen-bond acceptors (Lipinski definition) is 5. The fourth-order valence-corrected chi connectivity index (χ4v) is 5.27. The van der Waals surface area contributed by atoms with Crippen LogP contribution in [0.4, 0.5) is 0 Å². The maximum absolute atomic E-state index is 12.5. The number of allylic oxidation sites excluding steroid dienone is 2. The highest BCUT2D eigenvalue weighted by Gasteiger charge is 2.45. The molecule has 2 rings (SSSR count). The van der Waals surface area contributed by atoms with E-state index in [2.05, 4.69) is 26.0 Å². The number of aliphatic hydroxyl groups is 2. The van der Waals surface area contributed by atoms with Crippen molar-refractivity contribution >= 4 is 11.9 Å². The van der Waals surface area contributed by atoms with Gasteiger partial charge in [-0.05, 0) is 62.2 Å². The van der Waals surface area contributed by atoms with Crippen LogP contribution in [-0.4, -0.2) is 45.6 Å². The van der Waals surface area contributed by atoms with Crippen molar-refractivity contribution in [3.8, 4) is 0 Å². The second kappa shape index (κ2) is 11.3. The molecular weight excluding hydrogens is 384 g/mol. The third-order valence-electron chi connectivity index (χ3n) is 7.13. The molecule has 0 radical (unpaired) electrons. The minimum atomic E-state index is -1.06. The fraction of sp³-hybridized carbons (Fsp3) is 0.833. The van der Waals surface area contributed by atoms with E-state index in [9.17, 15) is 19.8 Å². The summed E-state index contributed by atoms with van der Waals surface area (Å²) in [5.74, 6) is 0.433. The second-order valence-corrected chi connectivity index (χ2v) is 9.73. The van der Waals surface area contributed by atoms with Crippen LogP contribution in [0.15, 0.2) is 12.2 Å². The maximum Gasteiger partial charge on any atom is 0.308 e. The average Bonchev–Trinajstić information content (AvgIpc) is 2.65. The predicted molar refractivity (Wildman–Crippen MR) is 115 cm³/mol. The summed E-state index contributed by atoms with van der Waals surface area (Å²) in [6.45, 7) is 8.29. The van der Waals surface area contributed by atoms with Crippen LogP contribution in [-0.2, 0) is 14.3 Å². The molecule has 2 aliphatic carbocycles. The molecule has 30 heavy (non-hydrogen) atoms. The lowest BCUT2D eigenvalue weighted by molar-refractivity contribution is -0.163. The number of carboxylic acids is 1. The molecule has 3 N–H and O–H groups in total. The number of esters is 1. The Morgan fingerprint density at radius 1 is 1.13 bits per heavy atom. The van der Waals surface area contributed by atoms with E-state index in [0.717, 1.165) is 25.7 Å². The Morgan fingerprint density at radius 2 is 1.83 bits per heavy atom. The first-order chi connectivity index (χ1) is 14.1. The normalized spacial score (nSPS) is 33.9. The third-order valence-corrected chi connectivity index (χ3v) is 7.13. The first kappa shape index (κ1) is 24.9. The standard InChI is InChI=1S/C24H40O6/c1-5-15(3)24(29)30-21-11-14(2)10-17-7-6-16(4)20(23(17)21)9-8-18(25)12-19(26)13-22(27)28/h6-7,14-21,23,25-26H,5,8-13H2,1-4H3,(H,27,28)/t14-,15?,16-,17-,18+,19+,20-,21-,23-/m0/s1. The molecular formula is C24H40O6. The molecule has 0 aliphatic heterocycles. The van der Waals surface area contributed by atoms with Crippen molar-refractivity contribution in [3.63, 3.8) is 0 Å². The maximum atomic E-state index is 12.5. The highest BCUT2D eigenvalue weighted by molar-refractivity contribution is 5.72. The Labute approximate surface area is 180 Å². The molecule has 9 atom stereocenters. The molecule has 1 fully saturated rings. The van der Waals surface area contributed by atoms with Crippen LogP contribution in [0.5, 0.6) is 0 Å². The first-order valence-corrected chi connectivity index (χ1v) is 11.6. The molecule has 1 saturated carbocycles. The second-order valence-electron chi connectivity index (χ2n) is 9.73. The summed E-state index contributed by atoms with van der Waals surface area (Å²) in [4.78, 5) is 23.3.